The van der Waals surface area contributed by atoms with Crippen molar-refractivity contribution in [2.45, 2.75) is 38.1 Å². The van der Waals surface area contributed by atoms with Crippen molar-refractivity contribution in [2.24, 2.45) is 0 Å². The molecule has 0 aliphatic carbocycles. The van der Waals surface area contributed by atoms with Gasteiger partial charge in [-0.3, -0.25) is 9.59 Å². The summed E-state index contributed by atoms with van der Waals surface area (Å²) in [4.78, 5) is 24.5. The summed E-state index contributed by atoms with van der Waals surface area (Å²) in [5, 5.41) is 2.90. The summed E-state index contributed by atoms with van der Waals surface area (Å²) in [6.45, 7) is 4.30. The first-order valence-electron chi connectivity index (χ1n) is 7.93. The maximum absolute atomic E-state index is 12.3. The number of aromatic nitrogens is 1. The molecule has 0 aromatic carbocycles. The molecular weight excluding hydrogens is 284 g/mol. The van der Waals surface area contributed by atoms with Crippen LogP contribution in [0.15, 0.2) is 17.1 Å². The van der Waals surface area contributed by atoms with Gasteiger partial charge in [0.2, 0.25) is 5.43 Å². The number of fused-ring (bicyclic) bond motifs is 2. The summed E-state index contributed by atoms with van der Waals surface area (Å²) >= 11 is 0. The average Bonchev–Trinajstić information content (AvgIpc) is 2.54. The molecule has 2 aliphatic rings. The fourth-order valence-corrected chi connectivity index (χ4v) is 3.17. The normalized spacial score (nSPS) is 24.0. The van der Waals surface area contributed by atoms with Crippen LogP contribution in [0, 0.1) is 0 Å². The molecule has 0 radical (unpaired) electrons. The van der Waals surface area contributed by atoms with Gasteiger partial charge in [-0.2, -0.15) is 0 Å². The van der Waals surface area contributed by atoms with Gasteiger partial charge in [0.05, 0.1) is 18.8 Å². The Labute approximate surface area is 129 Å². The third kappa shape index (κ3) is 2.52. The van der Waals surface area contributed by atoms with Gasteiger partial charge in [-0.25, -0.2) is 0 Å². The summed E-state index contributed by atoms with van der Waals surface area (Å²) in [5.74, 6) is -0.0847. The molecule has 6 nitrogen and oxygen atoms in total. The number of nitrogens with one attached hydrogen (secondary N) is 1. The molecule has 0 saturated carbocycles. The molecule has 6 heteroatoms. The van der Waals surface area contributed by atoms with Crippen molar-refractivity contribution < 1.29 is 14.3 Å². The van der Waals surface area contributed by atoms with Crippen LogP contribution >= 0.6 is 0 Å². The number of rotatable bonds is 4. The number of ether oxygens (including phenoxy) is 2. The van der Waals surface area contributed by atoms with E-state index in [-0.39, 0.29) is 22.6 Å². The van der Waals surface area contributed by atoms with Gasteiger partial charge in [-0.05, 0) is 19.3 Å². The van der Waals surface area contributed by atoms with Gasteiger partial charge in [-0.1, -0.05) is 13.3 Å². The Balaban J connectivity index is 2.04. The van der Waals surface area contributed by atoms with Crippen molar-refractivity contribution in [3.8, 4) is 5.75 Å². The predicted molar refractivity (Wildman–Crippen MR) is 81.5 cm³/mol. The van der Waals surface area contributed by atoms with Gasteiger partial charge >= 0.3 is 0 Å². The molecule has 1 amide bonds. The first kappa shape index (κ1) is 15.1. The zero-order valence-electron chi connectivity index (χ0n) is 12.9. The first-order valence-corrected chi connectivity index (χ1v) is 7.93. The number of carbonyl (C=O) groups excluding carboxylic acids is 1. The second kappa shape index (κ2) is 6.12. The van der Waals surface area contributed by atoms with Gasteiger partial charge in [0, 0.05) is 25.4 Å². The van der Waals surface area contributed by atoms with E-state index in [0.29, 0.717) is 25.5 Å². The minimum atomic E-state index is -0.307. The van der Waals surface area contributed by atoms with Crippen LogP contribution in [-0.4, -0.2) is 36.8 Å². The molecule has 22 heavy (non-hydrogen) atoms. The van der Waals surface area contributed by atoms with Crippen LogP contribution in [-0.2, 0) is 10.3 Å². The maximum atomic E-state index is 12.3. The quantitative estimate of drug-likeness (QED) is 0.851. The van der Waals surface area contributed by atoms with Crippen LogP contribution in [0.4, 0.5) is 0 Å². The zero-order chi connectivity index (χ0) is 15.6. The van der Waals surface area contributed by atoms with Crippen LogP contribution in [0.5, 0.6) is 5.75 Å². The van der Waals surface area contributed by atoms with Crippen molar-refractivity contribution >= 4 is 5.91 Å². The fraction of sp³-hybridized carbons (Fsp3) is 0.625. The number of hydrogen-bond acceptors (Lipinski definition) is 4. The molecule has 1 aromatic rings. The summed E-state index contributed by atoms with van der Waals surface area (Å²) in [5.41, 5.74) is -0.218. The molecule has 1 fully saturated rings. The molecule has 3 heterocycles. The van der Waals surface area contributed by atoms with E-state index >= 15 is 0 Å². The molecule has 1 N–H and O–H groups in total. The van der Waals surface area contributed by atoms with E-state index in [4.69, 9.17) is 9.47 Å². The number of nitrogens with zero attached hydrogens (tertiary/aromatic N) is 1. The highest BCUT2D eigenvalue weighted by molar-refractivity contribution is 5.96. The standard InChI is InChI=1S/C16H22N2O4/c1-2-3-9-22-14-12(19)5-7-18-13(14)15(20)17-10-16(18)6-4-8-21-11-16/h5,7H,2-4,6,8-11H2,1H3,(H,17,20). The lowest BCUT2D eigenvalue weighted by molar-refractivity contribution is -0.00593. The molecule has 0 bridgehead atoms. The predicted octanol–water partition coefficient (Wildman–Crippen LogP) is 1.28. The Morgan fingerprint density at radius 3 is 3.05 bits per heavy atom. The number of hydrogen-bond donors (Lipinski definition) is 1. The second-order valence-electron chi connectivity index (χ2n) is 5.99. The first-order chi connectivity index (χ1) is 10.7. The summed E-state index contributed by atoms with van der Waals surface area (Å²) in [6, 6.07) is 1.49. The van der Waals surface area contributed by atoms with E-state index in [1.54, 1.807) is 6.20 Å². The van der Waals surface area contributed by atoms with Crippen molar-refractivity contribution in [2.75, 3.05) is 26.4 Å². The average molecular weight is 306 g/mol. The number of unbranched alkanes of at least 4 members (excludes halogenated alkanes) is 1. The smallest absolute Gasteiger partial charge is 0.272 e. The van der Waals surface area contributed by atoms with Gasteiger partial charge in [0.25, 0.3) is 5.91 Å². The van der Waals surface area contributed by atoms with Gasteiger partial charge in [-0.15, -0.1) is 0 Å². The molecule has 1 spiro atoms. The topological polar surface area (TPSA) is 69.6 Å². The number of carbonyl (C=O) groups is 1. The van der Waals surface area contributed by atoms with Crippen molar-refractivity contribution in [1.29, 1.82) is 0 Å². The summed E-state index contributed by atoms with van der Waals surface area (Å²) < 4.78 is 13.2. The minimum Gasteiger partial charge on any atom is -0.487 e. The van der Waals surface area contributed by atoms with E-state index in [0.717, 1.165) is 32.3 Å². The Morgan fingerprint density at radius 1 is 1.45 bits per heavy atom. The highest BCUT2D eigenvalue weighted by atomic mass is 16.5. The molecule has 1 aromatic heterocycles. The maximum Gasteiger partial charge on any atom is 0.272 e. The van der Waals surface area contributed by atoms with Crippen LogP contribution in [0.3, 0.4) is 0 Å². The lowest BCUT2D eigenvalue weighted by Gasteiger charge is -2.43. The molecule has 1 unspecified atom stereocenters. The van der Waals surface area contributed by atoms with Gasteiger partial charge < -0.3 is 19.4 Å². The highest BCUT2D eigenvalue weighted by Crippen LogP contribution is 2.32. The van der Waals surface area contributed by atoms with E-state index in [1.807, 2.05) is 4.57 Å². The molecule has 1 atom stereocenters. The summed E-state index contributed by atoms with van der Waals surface area (Å²) in [6.07, 6.45) is 5.38. The second-order valence-corrected chi connectivity index (χ2v) is 5.99. The van der Waals surface area contributed by atoms with Crippen molar-refractivity contribution in [3.05, 3.63) is 28.2 Å². The Morgan fingerprint density at radius 2 is 2.32 bits per heavy atom. The van der Waals surface area contributed by atoms with Crippen molar-refractivity contribution in [3.63, 3.8) is 0 Å². The number of amides is 1. The van der Waals surface area contributed by atoms with Crippen LogP contribution in [0.25, 0.3) is 0 Å². The third-order valence-corrected chi connectivity index (χ3v) is 4.40. The van der Waals surface area contributed by atoms with E-state index < -0.39 is 0 Å². The third-order valence-electron chi connectivity index (χ3n) is 4.40. The monoisotopic (exact) mass is 306 g/mol. The lowest BCUT2D eigenvalue weighted by atomic mass is 9.89. The highest BCUT2D eigenvalue weighted by Gasteiger charge is 2.41. The van der Waals surface area contributed by atoms with Crippen LogP contribution in [0.2, 0.25) is 0 Å². The molecular formula is C16H22N2O4. The molecule has 3 rings (SSSR count). The Bertz CT molecular complexity index is 617. The van der Waals surface area contributed by atoms with Gasteiger partial charge in [0.1, 0.15) is 0 Å². The Hall–Kier alpha value is -1.82. The Kier molecular flexibility index (Phi) is 4.20. The molecule has 2 aliphatic heterocycles. The summed E-state index contributed by atoms with van der Waals surface area (Å²) in [7, 11) is 0. The van der Waals surface area contributed by atoms with Crippen molar-refractivity contribution in [1.82, 2.24) is 9.88 Å². The van der Waals surface area contributed by atoms with E-state index in [2.05, 4.69) is 12.2 Å². The lowest BCUT2D eigenvalue weighted by Crippen LogP contribution is -2.56. The largest absolute Gasteiger partial charge is 0.487 e. The minimum absolute atomic E-state index is 0.165. The fourth-order valence-electron chi connectivity index (χ4n) is 3.17. The van der Waals surface area contributed by atoms with Crippen LogP contribution < -0.4 is 15.5 Å². The van der Waals surface area contributed by atoms with Crippen LogP contribution in [0.1, 0.15) is 43.1 Å². The van der Waals surface area contributed by atoms with E-state index in [1.165, 1.54) is 6.07 Å². The van der Waals surface area contributed by atoms with E-state index in [9.17, 15) is 9.59 Å². The number of pyridine rings is 1. The SMILES string of the molecule is CCCCOc1c2n(ccc1=O)C1(CCCOC1)CNC2=O. The zero-order valence-corrected chi connectivity index (χ0v) is 12.9. The molecule has 120 valence electrons. The van der Waals surface area contributed by atoms with Gasteiger partial charge in [0.15, 0.2) is 11.4 Å². The molecule has 1 saturated heterocycles.